The van der Waals surface area contributed by atoms with Crippen LogP contribution in [0, 0.1) is 5.41 Å². The molecule has 4 aromatic carbocycles. The van der Waals surface area contributed by atoms with Crippen molar-refractivity contribution in [3.05, 3.63) is 166 Å². The molecule has 2 heterocycles. The topological polar surface area (TPSA) is 184 Å². The number of rotatable bonds is 18. The van der Waals surface area contributed by atoms with Crippen molar-refractivity contribution in [3.63, 3.8) is 0 Å². The van der Waals surface area contributed by atoms with Crippen LogP contribution in [0.25, 0.3) is 0 Å². The second-order valence-electron chi connectivity index (χ2n) is 14.8. The summed E-state index contributed by atoms with van der Waals surface area (Å²) in [5.41, 5.74) is 4.47. The van der Waals surface area contributed by atoms with Crippen molar-refractivity contribution in [2.24, 2.45) is 5.41 Å². The summed E-state index contributed by atoms with van der Waals surface area (Å²) in [6.45, 7) is 4.53. The van der Waals surface area contributed by atoms with E-state index < -0.39 is 55.1 Å². The molecule has 5 aromatic rings. The second kappa shape index (κ2) is 18.6. The Morgan fingerprint density at radius 1 is 0.914 bits per heavy atom. The highest BCUT2D eigenvalue weighted by Crippen LogP contribution is 2.47. The molecule has 13 nitrogen and oxygen atoms in total. The summed E-state index contributed by atoms with van der Waals surface area (Å²) < 4.78 is 39.6. The van der Waals surface area contributed by atoms with E-state index in [1.165, 1.54) is 19.2 Å². The standard InChI is InChI=1S/C43H49N4O9PS/c1-41(2,30-53-43(32-18-10-5-11-19-32,33-20-12-6-13-21-33)34-22-14-7-15-23-34)39(49)58-27-26-54-57(52,45-28-31-16-8-4-9-17-31)55-29-35-37(48)42(3,51)38(56-35)47-25-24-36(44)46-40(47)50/h4-25,35,37-38,48,51H,26-30H2,1-3H3,(H,45,52)(H2,44,46,50)/t35-,37-,38-,42-,57?/m1/s1. The summed E-state index contributed by atoms with van der Waals surface area (Å²) in [7, 11) is -4.12. The molecule has 1 aromatic heterocycles. The molecule has 0 spiro atoms. The fourth-order valence-corrected chi connectivity index (χ4v) is 8.90. The third-order valence-electron chi connectivity index (χ3n) is 9.91. The predicted molar refractivity (Wildman–Crippen MR) is 223 cm³/mol. The summed E-state index contributed by atoms with van der Waals surface area (Å²) in [4.78, 5) is 30.0. The zero-order valence-electron chi connectivity index (χ0n) is 32.5. The Labute approximate surface area is 342 Å². The summed E-state index contributed by atoms with van der Waals surface area (Å²) >= 11 is 1.03. The minimum atomic E-state index is -4.12. The molecule has 1 unspecified atom stereocenters. The van der Waals surface area contributed by atoms with Crippen LogP contribution < -0.4 is 16.5 Å². The minimum Gasteiger partial charge on any atom is -0.387 e. The van der Waals surface area contributed by atoms with Gasteiger partial charge in [0.25, 0.3) is 0 Å². The Balaban J connectivity index is 1.12. The van der Waals surface area contributed by atoms with E-state index in [0.29, 0.717) is 0 Å². The van der Waals surface area contributed by atoms with Crippen LogP contribution in [0.4, 0.5) is 5.82 Å². The van der Waals surface area contributed by atoms with Crippen LogP contribution in [0.15, 0.2) is 138 Å². The Kier molecular flexibility index (Phi) is 13.8. The van der Waals surface area contributed by atoms with E-state index in [-0.39, 0.29) is 36.4 Å². The number of nitrogens with zero attached hydrogens (tertiary/aromatic N) is 2. The SMILES string of the molecule is CC(C)(COC(c1ccccc1)(c1ccccc1)c1ccccc1)C(=O)SCCOP(=O)(NCc1ccccc1)OC[C@H]1O[C@@H](n2ccc(N)nc2=O)[C@](C)(O)[C@@H]1O. The monoisotopic (exact) mass is 828 g/mol. The highest BCUT2D eigenvalue weighted by atomic mass is 32.2. The van der Waals surface area contributed by atoms with Gasteiger partial charge in [0.05, 0.1) is 25.2 Å². The van der Waals surface area contributed by atoms with Gasteiger partial charge in [-0.2, -0.15) is 4.98 Å². The molecule has 1 fully saturated rings. The first-order valence-electron chi connectivity index (χ1n) is 18.8. The molecule has 0 amide bonds. The maximum absolute atomic E-state index is 14.2. The largest absolute Gasteiger partial charge is 0.405 e. The smallest absolute Gasteiger partial charge is 0.387 e. The second-order valence-corrected chi connectivity index (χ2v) is 17.7. The Morgan fingerprint density at radius 2 is 1.45 bits per heavy atom. The molecule has 0 bridgehead atoms. The lowest BCUT2D eigenvalue weighted by Crippen LogP contribution is -2.46. The number of benzene rings is 4. The third-order valence-corrected chi connectivity index (χ3v) is 12.7. The van der Waals surface area contributed by atoms with Crippen molar-refractivity contribution in [2.45, 2.75) is 57.0 Å². The number of ether oxygens (including phenoxy) is 2. The van der Waals surface area contributed by atoms with Crippen molar-refractivity contribution in [2.75, 3.05) is 31.3 Å². The Hall–Kier alpha value is -4.47. The van der Waals surface area contributed by atoms with Gasteiger partial charge in [0, 0.05) is 18.5 Å². The summed E-state index contributed by atoms with van der Waals surface area (Å²) in [5.74, 6) is 0.116. The van der Waals surface area contributed by atoms with Gasteiger partial charge < -0.3 is 25.4 Å². The van der Waals surface area contributed by atoms with E-state index in [0.717, 1.165) is 38.6 Å². The number of nitrogen functional groups attached to an aromatic ring is 1. The van der Waals surface area contributed by atoms with Crippen molar-refractivity contribution in [1.29, 1.82) is 0 Å². The number of aromatic nitrogens is 2. The molecule has 1 saturated heterocycles. The van der Waals surface area contributed by atoms with E-state index in [1.807, 2.05) is 135 Å². The van der Waals surface area contributed by atoms with Gasteiger partial charge in [-0.3, -0.25) is 18.4 Å². The highest BCUT2D eigenvalue weighted by Gasteiger charge is 2.54. The Bertz CT molecular complexity index is 2120. The van der Waals surface area contributed by atoms with Crippen molar-refractivity contribution in [1.82, 2.24) is 14.6 Å². The van der Waals surface area contributed by atoms with Gasteiger partial charge in [0.2, 0.25) is 0 Å². The molecular weight excluding hydrogens is 780 g/mol. The fourth-order valence-electron chi connectivity index (χ4n) is 6.67. The van der Waals surface area contributed by atoms with E-state index in [4.69, 9.17) is 24.3 Å². The van der Waals surface area contributed by atoms with Crippen molar-refractivity contribution >= 4 is 30.4 Å². The number of aliphatic hydroxyl groups is 2. The van der Waals surface area contributed by atoms with Crippen LogP contribution in [-0.2, 0) is 40.0 Å². The van der Waals surface area contributed by atoms with E-state index in [1.54, 1.807) is 0 Å². The van der Waals surface area contributed by atoms with Gasteiger partial charge in [0.1, 0.15) is 29.2 Å². The fraction of sp³-hybridized carbons (Fsp3) is 0.326. The number of nitrogens with one attached hydrogen (secondary N) is 1. The van der Waals surface area contributed by atoms with Gasteiger partial charge in [-0.15, -0.1) is 0 Å². The van der Waals surface area contributed by atoms with Gasteiger partial charge >= 0.3 is 13.4 Å². The molecule has 58 heavy (non-hydrogen) atoms. The lowest BCUT2D eigenvalue weighted by molar-refractivity contribution is -0.124. The normalized spacial score (nSPS) is 20.7. The average molecular weight is 829 g/mol. The number of anilines is 1. The maximum Gasteiger partial charge on any atom is 0.405 e. The zero-order valence-corrected chi connectivity index (χ0v) is 34.3. The van der Waals surface area contributed by atoms with Gasteiger partial charge in [-0.25, -0.2) is 14.4 Å². The van der Waals surface area contributed by atoms with Crippen LogP contribution in [0.2, 0.25) is 0 Å². The third kappa shape index (κ3) is 9.86. The molecule has 0 radical (unpaired) electrons. The number of carbonyl (C=O) groups is 1. The van der Waals surface area contributed by atoms with Crippen LogP contribution in [0.3, 0.4) is 0 Å². The number of thioether (sulfide) groups is 1. The van der Waals surface area contributed by atoms with Crippen LogP contribution in [-0.4, -0.2) is 68.3 Å². The van der Waals surface area contributed by atoms with E-state index >= 15 is 0 Å². The van der Waals surface area contributed by atoms with Crippen LogP contribution in [0.1, 0.15) is 49.3 Å². The molecule has 15 heteroatoms. The predicted octanol–water partition coefficient (Wildman–Crippen LogP) is 6.06. The molecule has 0 aliphatic carbocycles. The van der Waals surface area contributed by atoms with Crippen LogP contribution in [0.5, 0.6) is 0 Å². The number of aliphatic hydroxyl groups excluding tert-OH is 1. The minimum absolute atomic E-state index is 0.0186. The first-order chi connectivity index (χ1) is 27.7. The number of hydrogen-bond acceptors (Lipinski definition) is 12. The summed E-state index contributed by atoms with van der Waals surface area (Å²) in [5, 5.41) is 24.9. The molecular formula is C43H49N4O9PS. The van der Waals surface area contributed by atoms with Crippen LogP contribution >= 0.6 is 19.5 Å². The quantitative estimate of drug-likeness (QED) is 0.0455. The average Bonchev–Trinajstić information content (AvgIpc) is 3.46. The zero-order chi connectivity index (χ0) is 41.4. The maximum atomic E-state index is 14.2. The Morgan fingerprint density at radius 3 is 1.98 bits per heavy atom. The highest BCUT2D eigenvalue weighted by molar-refractivity contribution is 8.13. The molecule has 6 rings (SSSR count). The molecule has 5 N–H and O–H groups in total. The van der Waals surface area contributed by atoms with Crippen molar-refractivity contribution in [3.8, 4) is 0 Å². The lowest BCUT2D eigenvalue weighted by Gasteiger charge is -2.38. The molecule has 306 valence electrons. The summed E-state index contributed by atoms with van der Waals surface area (Å²) in [6.07, 6.45) is -2.81. The molecule has 1 aliphatic heterocycles. The molecule has 1 aliphatic rings. The lowest BCUT2D eigenvalue weighted by atomic mass is 9.79. The first kappa shape index (κ1) is 43.1. The van der Waals surface area contributed by atoms with E-state index in [9.17, 15) is 24.4 Å². The van der Waals surface area contributed by atoms with Crippen molar-refractivity contribution < 1.29 is 38.1 Å². The number of carbonyl (C=O) groups excluding carboxylic acids is 1. The van der Waals surface area contributed by atoms with Gasteiger partial charge in [-0.1, -0.05) is 133 Å². The number of hydrogen-bond donors (Lipinski definition) is 4. The molecule has 5 atom stereocenters. The van der Waals surface area contributed by atoms with E-state index in [2.05, 4.69) is 10.1 Å². The molecule has 0 saturated carbocycles. The first-order valence-corrected chi connectivity index (χ1v) is 21.3. The summed E-state index contributed by atoms with van der Waals surface area (Å²) in [6, 6.07) is 40.3. The number of nitrogens with two attached hydrogens (primary N) is 1. The van der Waals surface area contributed by atoms with Gasteiger partial charge in [0.15, 0.2) is 11.3 Å². The van der Waals surface area contributed by atoms with Gasteiger partial charge in [-0.05, 0) is 49.1 Å².